The van der Waals surface area contributed by atoms with Gasteiger partial charge in [-0.1, -0.05) is 5.16 Å². The van der Waals surface area contributed by atoms with Crippen molar-refractivity contribution < 1.29 is 14.4 Å². The van der Waals surface area contributed by atoms with Crippen LogP contribution in [0.15, 0.2) is 16.3 Å². The van der Waals surface area contributed by atoms with Crippen LogP contribution in [0.4, 0.5) is 0 Å². The molecule has 0 N–H and O–H groups in total. The number of nitrogens with zero attached hydrogens (tertiary/aromatic N) is 1. The molecule has 1 rings (SSSR count). The van der Waals surface area contributed by atoms with Gasteiger partial charge < -0.3 is 9.57 Å². The quantitative estimate of drug-likeness (QED) is 0.481. The molecule has 4 nitrogen and oxygen atoms in total. The van der Waals surface area contributed by atoms with Gasteiger partial charge in [0.15, 0.2) is 11.5 Å². The number of thioether (sulfide) groups is 1. The van der Waals surface area contributed by atoms with E-state index in [4.69, 9.17) is 4.74 Å². The standard InChI is InChI=1S/C7H8NO3S/c1-10-8-6(4-9)7-5-12-3-2-11-7/h5H,2-3H2,1H3. The fraction of sp³-hybridized carbons (Fsp3) is 0.429. The van der Waals surface area contributed by atoms with Crippen molar-refractivity contribution in [3.8, 4) is 0 Å². The summed E-state index contributed by atoms with van der Waals surface area (Å²) in [4.78, 5) is 14.8. The smallest absolute Gasteiger partial charge is 0.261 e. The Morgan fingerprint density at radius 2 is 2.75 bits per heavy atom. The zero-order valence-corrected chi connectivity index (χ0v) is 7.39. The summed E-state index contributed by atoms with van der Waals surface area (Å²) in [5, 5.41) is 5.18. The van der Waals surface area contributed by atoms with E-state index in [2.05, 4.69) is 9.99 Å². The van der Waals surface area contributed by atoms with Crippen LogP contribution in [0.2, 0.25) is 0 Å². The maximum Gasteiger partial charge on any atom is 0.261 e. The summed E-state index contributed by atoms with van der Waals surface area (Å²) in [5.41, 5.74) is 0.0738. The number of hydrogen-bond acceptors (Lipinski definition) is 5. The first kappa shape index (κ1) is 9.12. The van der Waals surface area contributed by atoms with Crippen molar-refractivity contribution in [1.29, 1.82) is 0 Å². The van der Waals surface area contributed by atoms with Gasteiger partial charge in [-0.3, -0.25) is 4.79 Å². The minimum absolute atomic E-state index is 0.0738. The number of rotatable bonds is 3. The third-order valence-corrected chi connectivity index (χ3v) is 1.94. The van der Waals surface area contributed by atoms with Crippen LogP contribution in [-0.4, -0.2) is 31.5 Å². The number of carbonyl (C=O) groups excluding carboxylic acids is 1. The molecule has 65 valence electrons. The fourth-order valence-corrected chi connectivity index (χ4v) is 1.33. The predicted octanol–water partition coefficient (Wildman–Crippen LogP) is 0.703. The Bertz CT molecular complexity index is 225. The molecule has 1 aliphatic rings. The second kappa shape index (κ2) is 4.82. The molecule has 0 fully saturated rings. The Kier molecular flexibility index (Phi) is 3.66. The van der Waals surface area contributed by atoms with Crippen LogP contribution in [0.1, 0.15) is 0 Å². The summed E-state index contributed by atoms with van der Waals surface area (Å²) in [6, 6.07) is 0. The maximum absolute atomic E-state index is 10.3. The van der Waals surface area contributed by atoms with Crippen LogP contribution in [0.3, 0.4) is 0 Å². The Hall–Kier alpha value is -0.970. The van der Waals surface area contributed by atoms with E-state index in [-0.39, 0.29) is 5.71 Å². The molecular formula is C7H8NO3S. The lowest BCUT2D eigenvalue weighted by atomic mass is 10.3. The lowest BCUT2D eigenvalue weighted by Gasteiger charge is -2.11. The monoisotopic (exact) mass is 186 g/mol. The molecule has 0 spiro atoms. The van der Waals surface area contributed by atoms with Gasteiger partial charge in [0.05, 0.1) is 6.61 Å². The van der Waals surface area contributed by atoms with Gasteiger partial charge in [-0.15, -0.1) is 11.8 Å². The summed E-state index contributed by atoms with van der Waals surface area (Å²) in [7, 11) is 1.37. The molecule has 0 amide bonds. The molecule has 0 bridgehead atoms. The van der Waals surface area contributed by atoms with E-state index in [1.807, 2.05) is 0 Å². The molecule has 12 heavy (non-hydrogen) atoms. The topological polar surface area (TPSA) is 47.9 Å². The fourth-order valence-electron chi connectivity index (χ4n) is 0.698. The van der Waals surface area contributed by atoms with Gasteiger partial charge in [0.1, 0.15) is 7.11 Å². The molecule has 1 radical (unpaired) electrons. The van der Waals surface area contributed by atoms with Gasteiger partial charge in [-0.25, -0.2) is 0 Å². The van der Waals surface area contributed by atoms with Gasteiger partial charge in [0.25, 0.3) is 6.29 Å². The maximum atomic E-state index is 10.3. The Labute approximate surface area is 74.6 Å². The van der Waals surface area contributed by atoms with Gasteiger partial charge in [0, 0.05) is 11.2 Å². The summed E-state index contributed by atoms with van der Waals surface area (Å²) in [6.45, 7) is 0.584. The van der Waals surface area contributed by atoms with Crippen molar-refractivity contribution in [3.05, 3.63) is 11.2 Å². The third kappa shape index (κ3) is 2.27. The lowest BCUT2D eigenvalue weighted by Crippen LogP contribution is -2.12. The Morgan fingerprint density at radius 1 is 1.92 bits per heavy atom. The second-order valence-electron chi connectivity index (χ2n) is 1.93. The molecule has 1 aliphatic heterocycles. The first-order valence-corrected chi connectivity index (χ1v) is 4.37. The van der Waals surface area contributed by atoms with Crippen LogP contribution in [-0.2, 0) is 14.4 Å². The molecule has 0 unspecified atom stereocenters. The minimum Gasteiger partial charge on any atom is -0.490 e. The van der Waals surface area contributed by atoms with Crippen molar-refractivity contribution in [1.82, 2.24) is 0 Å². The van der Waals surface area contributed by atoms with Gasteiger partial charge in [0.2, 0.25) is 0 Å². The van der Waals surface area contributed by atoms with E-state index >= 15 is 0 Å². The van der Waals surface area contributed by atoms with Gasteiger partial charge in [-0.05, 0) is 0 Å². The van der Waals surface area contributed by atoms with Crippen LogP contribution in [0, 0.1) is 0 Å². The minimum atomic E-state index is 0.0738. The molecular weight excluding hydrogens is 178 g/mol. The normalized spacial score (nSPS) is 17.8. The molecule has 0 aromatic rings. The highest BCUT2D eigenvalue weighted by atomic mass is 32.2. The zero-order valence-electron chi connectivity index (χ0n) is 6.57. The molecule has 0 saturated carbocycles. The van der Waals surface area contributed by atoms with E-state index in [1.54, 1.807) is 23.5 Å². The average Bonchev–Trinajstić information content (AvgIpc) is 2.15. The summed E-state index contributed by atoms with van der Waals surface area (Å²) < 4.78 is 5.15. The number of allylic oxidation sites excluding steroid dienone is 1. The third-order valence-electron chi connectivity index (χ3n) is 1.16. The van der Waals surface area contributed by atoms with Crippen molar-refractivity contribution in [2.75, 3.05) is 19.5 Å². The second-order valence-corrected chi connectivity index (χ2v) is 2.90. The zero-order chi connectivity index (χ0) is 8.81. The Balaban J connectivity index is 2.70. The highest BCUT2D eigenvalue weighted by Gasteiger charge is 2.12. The van der Waals surface area contributed by atoms with Crippen molar-refractivity contribution >= 4 is 23.8 Å². The largest absolute Gasteiger partial charge is 0.490 e. The molecule has 0 saturated heterocycles. The predicted molar refractivity (Wildman–Crippen MR) is 46.6 cm³/mol. The van der Waals surface area contributed by atoms with Gasteiger partial charge in [-0.2, -0.15) is 0 Å². The van der Waals surface area contributed by atoms with Crippen molar-refractivity contribution in [3.63, 3.8) is 0 Å². The molecule has 0 atom stereocenters. The van der Waals surface area contributed by atoms with E-state index in [1.165, 1.54) is 7.11 Å². The molecule has 0 aromatic heterocycles. The lowest BCUT2D eigenvalue weighted by molar-refractivity contribution is 0.207. The summed E-state index contributed by atoms with van der Waals surface area (Å²) in [6.07, 6.45) is 1.64. The SMILES string of the molecule is CON=C([C]=O)C1=CSCCO1. The van der Waals surface area contributed by atoms with E-state index in [0.717, 1.165) is 5.75 Å². The van der Waals surface area contributed by atoms with Gasteiger partial charge >= 0.3 is 0 Å². The van der Waals surface area contributed by atoms with Crippen LogP contribution >= 0.6 is 11.8 Å². The van der Waals surface area contributed by atoms with Crippen molar-refractivity contribution in [2.24, 2.45) is 5.16 Å². The van der Waals surface area contributed by atoms with E-state index in [0.29, 0.717) is 12.4 Å². The number of ether oxygens (including phenoxy) is 1. The highest BCUT2D eigenvalue weighted by molar-refractivity contribution is 8.02. The average molecular weight is 186 g/mol. The first-order valence-electron chi connectivity index (χ1n) is 3.32. The van der Waals surface area contributed by atoms with Crippen LogP contribution in [0.5, 0.6) is 0 Å². The molecule has 5 heteroatoms. The summed E-state index contributed by atoms with van der Waals surface area (Å²) >= 11 is 1.57. The first-order chi connectivity index (χ1) is 5.88. The summed E-state index contributed by atoms with van der Waals surface area (Å²) in [5.74, 6) is 1.32. The van der Waals surface area contributed by atoms with E-state index in [9.17, 15) is 4.79 Å². The number of oxime groups is 1. The Morgan fingerprint density at radius 3 is 3.25 bits per heavy atom. The molecule has 0 aromatic carbocycles. The van der Waals surface area contributed by atoms with Crippen molar-refractivity contribution in [2.45, 2.75) is 0 Å². The molecule has 0 aliphatic carbocycles. The highest BCUT2D eigenvalue weighted by Crippen LogP contribution is 2.15. The molecule has 1 heterocycles. The van der Waals surface area contributed by atoms with Crippen LogP contribution < -0.4 is 0 Å². The van der Waals surface area contributed by atoms with E-state index < -0.39 is 0 Å². The number of hydrogen-bond donors (Lipinski definition) is 0. The van der Waals surface area contributed by atoms with Crippen LogP contribution in [0.25, 0.3) is 0 Å².